The molecular formula is C23H27ClN2O3. The van der Waals surface area contributed by atoms with Crippen molar-refractivity contribution in [3.63, 3.8) is 0 Å². The summed E-state index contributed by atoms with van der Waals surface area (Å²) < 4.78 is 6.18. The van der Waals surface area contributed by atoms with Crippen LogP contribution in [0.4, 0.5) is 0 Å². The molecule has 1 saturated carbocycles. The molecule has 0 bridgehead atoms. The lowest BCUT2D eigenvalue weighted by Crippen LogP contribution is -2.39. The maximum atomic E-state index is 13.3. The van der Waals surface area contributed by atoms with Crippen LogP contribution in [-0.4, -0.2) is 28.4 Å². The van der Waals surface area contributed by atoms with Crippen LogP contribution < -0.4 is 10.3 Å². The van der Waals surface area contributed by atoms with Gasteiger partial charge in [-0.05, 0) is 68.7 Å². The number of fused-ring (bicyclic) bond motifs is 1. The summed E-state index contributed by atoms with van der Waals surface area (Å²) in [5, 5.41) is 0.394. The molecule has 1 N–H and O–H groups in total. The zero-order chi connectivity index (χ0) is 20.7. The number of carbonyl (C=O) groups is 1. The van der Waals surface area contributed by atoms with Gasteiger partial charge in [-0.3, -0.25) is 9.59 Å². The largest absolute Gasteiger partial charge is 0.489 e. The van der Waals surface area contributed by atoms with E-state index in [-0.39, 0.29) is 24.1 Å². The molecule has 1 amide bonds. The van der Waals surface area contributed by atoms with Gasteiger partial charge in [-0.25, -0.2) is 0 Å². The maximum absolute atomic E-state index is 13.3. The predicted molar refractivity (Wildman–Crippen MR) is 114 cm³/mol. The second kappa shape index (κ2) is 7.86. The van der Waals surface area contributed by atoms with Crippen molar-refractivity contribution in [3.05, 3.63) is 61.5 Å². The Balaban J connectivity index is 1.61. The van der Waals surface area contributed by atoms with Gasteiger partial charge in [-0.1, -0.05) is 24.6 Å². The van der Waals surface area contributed by atoms with Crippen molar-refractivity contribution in [2.24, 2.45) is 5.92 Å². The van der Waals surface area contributed by atoms with Gasteiger partial charge >= 0.3 is 0 Å². The molecule has 2 aliphatic rings. The van der Waals surface area contributed by atoms with Crippen LogP contribution in [0.3, 0.4) is 0 Å². The minimum absolute atomic E-state index is 0.138. The molecule has 1 fully saturated rings. The molecule has 2 heterocycles. The number of nitrogens with one attached hydrogen (secondary N) is 1. The zero-order valence-electron chi connectivity index (χ0n) is 17.2. The summed E-state index contributed by atoms with van der Waals surface area (Å²) in [6, 6.07) is 5.78. The number of benzene rings is 1. The Hall–Kier alpha value is -2.27. The number of nitrogens with zero attached hydrogens (tertiary/aromatic N) is 1. The minimum atomic E-state index is -0.139. The second-order valence-corrected chi connectivity index (χ2v) is 8.77. The topological polar surface area (TPSA) is 62.4 Å². The first-order valence-corrected chi connectivity index (χ1v) is 10.7. The fourth-order valence-electron chi connectivity index (χ4n) is 4.51. The first kappa shape index (κ1) is 20.0. The van der Waals surface area contributed by atoms with E-state index in [1.54, 1.807) is 4.90 Å². The van der Waals surface area contributed by atoms with Crippen molar-refractivity contribution in [1.82, 2.24) is 9.88 Å². The fraction of sp³-hybridized carbons (Fsp3) is 0.478. The highest BCUT2D eigenvalue weighted by atomic mass is 35.5. The molecule has 5 nitrogen and oxygen atoms in total. The summed E-state index contributed by atoms with van der Waals surface area (Å²) in [5.41, 5.74) is 3.65. The Bertz CT molecular complexity index is 1010. The molecule has 0 radical (unpaired) electrons. The molecule has 0 unspecified atom stereocenters. The molecule has 0 spiro atoms. The van der Waals surface area contributed by atoms with E-state index in [2.05, 4.69) is 11.9 Å². The van der Waals surface area contributed by atoms with Crippen molar-refractivity contribution < 1.29 is 9.53 Å². The van der Waals surface area contributed by atoms with Crippen LogP contribution in [0.1, 0.15) is 58.9 Å². The molecule has 1 aliphatic carbocycles. The van der Waals surface area contributed by atoms with Crippen molar-refractivity contribution >= 4 is 17.5 Å². The number of aryl methyl sites for hydroxylation is 2. The van der Waals surface area contributed by atoms with Crippen LogP contribution in [0.5, 0.6) is 5.75 Å². The monoisotopic (exact) mass is 414 g/mol. The highest BCUT2D eigenvalue weighted by molar-refractivity contribution is 6.35. The first-order chi connectivity index (χ1) is 13.8. The Morgan fingerprint density at radius 1 is 1.24 bits per heavy atom. The molecule has 0 saturated heterocycles. The van der Waals surface area contributed by atoms with Crippen LogP contribution in [0, 0.1) is 19.8 Å². The predicted octanol–water partition coefficient (Wildman–Crippen LogP) is 4.41. The normalized spacial score (nSPS) is 21.4. The van der Waals surface area contributed by atoms with E-state index in [1.807, 2.05) is 32.0 Å². The summed E-state index contributed by atoms with van der Waals surface area (Å²) in [6.07, 6.45) is 4.19. The molecule has 2 aromatic rings. The first-order valence-electron chi connectivity index (χ1n) is 10.3. The van der Waals surface area contributed by atoms with Gasteiger partial charge in [0.2, 0.25) is 0 Å². The third-order valence-corrected chi connectivity index (χ3v) is 6.62. The number of H-pyrrole nitrogens is 1. The molecular weight excluding hydrogens is 388 g/mol. The number of aromatic nitrogens is 1. The van der Waals surface area contributed by atoms with Crippen LogP contribution >= 0.6 is 11.6 Å². The molecule has 29 heavy (non-hydrogen) atoms. The summed E-state index contributed by atoms with van der Waals surface area (Å²) in [4.78, 5) is 30.2. The van der Waals surface area contributed by atoms with Gasteiger partial charge in [0.15, 0.2) is 0 Å². The van der Waals surface area contributed by atoms with Gasteiger partial charge in [0, 0.05) is 17.8 Å². The summed E-state index contributed by atoms with van der Waals surface area (Å²) >= 11 is 6.66. The average molecular weight is 415 g/mol. The molecule has 2 atom stereocenters. The van der Waals surface area contributed by atoms with E-state index < -0.39 is 0 Å². The van der Waals surface area contributed by atoms with E-state index in [4.69, 9.17) is 16.3 Å². The van der Waals surface area contributed by atoms with E-state index in [0.717, 1.165) is 36.1 Å². The Labute approximate surface area is 176 Å². The van der Waals surface area contributed by atoms with E-state index >= 15 is 0 Å². The number of pyridine rings is 1. The maximum Gasteiger partial charge on any atom is 0.256 e. The molecule has 6 heteroatoms. The van der Waals surface area contributed by atoms with Crippen molar-refractivity contribution in [2.45, 2.75) is 59.1 Å². The zero-order valence-corrected chi connectivity index (χ0v) is 17.9. The van der Waals surface area contributed by atoms with Gasteiger partial charge in [-0.15, -0.1) is 0 Å². The number of hydrogen-bond donors (Lipinski definition) is 1. The highest BCUT2D eigenvalue weighted by Crippen LogP contribution is 2.37. The standard InChI is InChI=1S/C23H27ClN2O3/c1-13-5-4-6-18(13)29-19-8-7-16-9-10-26(23(28)20(16)21(19)24)12-17-14(2)11-15(3)25-22(17)27/h7-8,11,13,18H,4-6,9-10,12H2,1-3H3,(H,25,27)/t13-,18+/m1/s1. The summed E-state index contributed by atoms with van der Waals surface area (Å²) in [6.45, 7) is 6.79. The van der Waals surface area contributed by atoms with Crippen LogP contribution in [0.25, 0.3) is 0 Å². The number of halogens is 1. The van der Waals surface area contributed by atoms with Crippen LogP contribution in [0.2, 0.25) is 5.02 Å². The van der Waals surface area contributed by atoms with Crippen molar-refractivity contribution in [3.8, 4) is 5.75 Å². The number of ether oxygens (including phenoxy) is 1. The van der Waals surface area contributed by atoms with Gasteiger partial charge in [-0.2, -0.15) is 0 Å². The number of amides is 1. The lowest BCUT2D eigenvalue weighted by Gasteiger charge is -2.30. The molecule has 4 rings (SSSR count). The van der Waals surface area contributed by atoms with Gasteiger partial charge in [0.1, 0.15) is 11.9 Å². The number of rotatable bonds is 4. The summed E-state index contributed by atoms with van der Waals surface area (Å²) in [7, 11) is 0. The van der Waals surface area contributed by atoms with E-state index in [1.165, 1.54) is 0 Å². The lowest BCUT2D eigenvalue weighted by atomic mass is 9.97. The van der Waals surface area contributed by atoms with E-state index in [9.17, 15) is 9.59 Å². The van der Waals surface area contributed by atoms with Gasteiger partial charge in [0.25, 0.3) is 11.5 Å². The quantitative estimate of drug-likeness (QED) is 0.805. The summed E-state index contributed by atoms with van der Waals surface area (Å²) in [5.74, 6) is 0.940. The minimum Gasteiger partial charge on any atom is -0.489 e. The highest BCUT2D eigenvalue weighted by Gasteiger charge is 2.31. The van der Waals surface area contributed by atoms with Crippen LogP contribution in [0.15, 0.2) is 23.0 Å². The molecule has 1 aromatic carbocycles. The Morgan fingerprint density at radius 2 is 2.03 bits per heavy atom. The van der Waals surface area contributed by atoms with Gasteiger partial charge in [0.05, 0.1) is 17.1 Å². The molecule has 154 valence electrons. The van der Waals surface area contributed by atoms with Gasteiger partial charge < -0.3 is 14.6 Å². The fourth-order valence-corrected chi connectivity index (χ4v) is 4.82. The third-order valence-electron chi connectivity index (χ3n) is 6.25. The van der Waals surface area contributed by atoms with Crippen LogP contribution in [-0.2, 0) is 13.0 Å². The number of aromatic amines is 1. The second-order valence-electron chi connectivity index (χ2n) is 8.40. The average Bonchev–Trinajstić information content (AvgIpc) is 3.06. The SMILES string of the molecule is Cc1cc(C)c(CN2CCc3ccc(O[C@H]4CCC[C@H]4C)c(Cl)c3C2=O)c(=O)[nH]1. The van der Waals surface area contributed by atoms with Crippen molar-refractivity contribution in [2.75, 3.05) is 6.54 Å². The third kappa shape index (κ3) is 3.80. The Kier molecular flexibility index (Phi) is 5.43. The van der Waals surface area contributed by atoms with Crippen molar-refractivity contribution in [1.29, 1.82) is 0 Å². The molecule has 1 aliphatic heterocycles. The Morgan fingerprint density at radius 3 is 2.72 bits per heavy atom. The lowest BCUT2D eigenvalue weighted by molar-refractivity contribution is 0.0725. The number of carbonyl (C=O) groups excluding carboxylic acids is 1. The smallest absolute Gasteiger partial charge is 0.256 e. The van der Waals surface area contributed by atoms with E-state index in [0.29, 0.717) is 40.8 Å². The molecule has 1 aromatic heterocycles. The number of hydrogen-bond acceptors (Lipinski definition) is 3.